The van der Waals surface area contributed by atoms with E-state index in [1.807, 2.05) is 0 Å². The Balaban J connectivity index is 2.57. The second-order valence-corrected chi connectivity index (χ2v) is 3.22. The van der Waals surface area contributed by atoms with Crippen LogP contribution in [0.25, 0.3) is 10.8 Å². The van der Waals surface area contributed by atoms with Crippen LogP contribution < -0.4 is 5.11 Å². The summed E-state index contributed by atoms with van der Waals surface area (Å²) in [5.74, 6) is -0.406. The smallest absolute Gasteiger partial charge is 0.337 e. The molecular formula is C12H9O3-. The molecule has 3 nitrogen and oxygen atoms in total. The molecule has 0 aliphatic rings. The van der Waals surface area contributed by atoms with Crippen molar-refractivity contribution in [3.8, 4) is 5.75 Å². The molecule has 76 valence electrons. The fourth-order valence-electron chi connectivity index (χ4n) is 1.47. The van der Waals surface area contributed by atoms with E-state index in [0.717, 1.165) is 10.8 Å². The van der Waals surface area contributed by atoms with E-state index in [9.17, 15) is 9.90 Å². The molecule has 0 unspecified atom stereocenters. The van der Waals surface area contributed by atoms with Crippen LogP contribution in [-0.2, 0) is 4.74 Å². The van der Waals surface area contributed by atoms with Gasteiger partial charge in [0.1, 0.15) is 0 Å². The lowest BCUT2D eigenvalue weighted by molar-refractivity contribution is -0.268. The number of esters is 1. The van der Waals surface area contributed by atoms with Gasteiger partial charge < -0.3 is 9.84 Å². The highest BCUT2D eigenvalue weighted by Gasteiger charge is 2.04. The molecule has 0 N–H and O–H groups in total. The Bertz CT molecular complexity index is 517. The Kier molecular flexibility index (Phi) is 2.29. The Hall–Kier alpha value is -2.03. The molecule has 2 aromatic rings. The summed E-state index contributed by atoms with van der Waals surface area (Å²) in [6, 6.07) is 9.81. The average molecular weight is 201 g/mol. The van der Waals surface area contributed by atoms with Gasteiger partial charge in [-0.15, -0.1) is 5.75 Å². The van der Waals surface area contributed by atoms with Gasteiger partial charge in [-0.2, -0.15) is 0 Å². The van der Waals surface area contributed by atoms with Crippen LogP contribution in [-0.4, -0.2) is 13.1 Å². The predicted molar refractivity (Wildman–Crippen MR) is 54.7 cm³/mol. The summed E-state index contributed by atoms with van der Waals surface area (Å²) in [5.41, 5.74) is 0.489. The fourth-order valence-corrected chi connectivity index (χ4v) is 1.47. The van der Waals surface area contributed by atoms with E-state index in [0.29, 0.717) is 5.56 Å². The zero-order valence-electron chi connectivity index (χ0n) is 8.19. The average Bonchev–Trinajstić information content (AvgIpc) is 2.27. The normalized spacial score (nSPS) is 10.2. The highest BCUT2D eigenvalue weighted by atomic mass is 16.5. The van der Waals surface area contributed by atoms with Crippen molar-refractivity contribution >= 4 is 16.7 Å². The summed E-state index contributed by atoms with van der Waals surface area (Å²) in [6.45, 7) is 0. The lowest BCUT2D eigenvalue weighted by Crippen LogP contribution is -2.00. The van der Waals surface area contributed by atoms with Gasteiger partial charge in [0.05, 0.1) is 12.7 Å². The minimum atomic E-state index is -0.372. The molecule has 0 saturated carbocycles. The molecule has 3 heteroatoms. The number of hydrogen-bond donors (Lipinski definition) is 0. The molecule has 0 amide bonds. The Morgan fingerprint density at radius 1 is 1.13 bits per heavy atom. The van der Waals surface area contributed by atoms with Gasteiger partial charge in [-0.1, -0.05) is 24.3 Å². The largest absolute Gasteiger partial charge is 0.872 e. The molecule has 0 heterocycles. The van der Waals surface area contributed by atoms with Crippen LogP contribution in [0.4, 0.5) is 0 Å². The van der Waals surface area contributed by atoms with Crippen molar-refractivity contribution in [3.63, 3.8) is 0 Å². The van der Waals surface area contributed by atoms with Crippen molar-refractivity contribution in [2.45, 2.75) is 0 Å². The topological polar surface area (TPSA) is 49.4 Å². The van der Waals surface area contributed by atoms with Crippen molar-refractivity contribution < 1.29 is 14.6 Å². The number of fused-ring (bicyclic) bond motifs is 1. The third kappa shape index (κ3) is 1.76. The first-order chi connectivity index (χ1) is 7.20. The number of methoxy groups -OCH3 is 1. The number of carbonyl (C=O) groups is 1. The predicted octanol–water partition coefficient (Wildman–Crippen LogP) is 1.70. The number of ether oxygens (including phenoxy) is 1. The van der Waals surface area contributed by atoms with E-state index in [1.165, 1.54) is 19.2 Å². The molecule has 2 aromatic carbocycles. The second-order valence-electron chi connectivity index (χ2n) is 3.22. The molecule has 0 radical (unpaired) electrons. The van der Waals surface area contributed by atoms with Crippen LogP contribution in [0.15, 0.2) is 36.4 Å². The zero-order valence-corrected chi connectivity index (χ0v) is 8.19. The van der Waals surface area contributed by atoms with Crippen molar-refractivity contribution in [2.24, 2.45) is 0 Å². The maximum absolute atomic E-state index is 11.2. The summed E-state index contributed by atoms with van der Waals surface area (Å²) in [5, 5.41) is 12.8. The van der Waals surface area contributed by atoms with Crippen LogP contribution in [0, 0.1) is 0 Å². The maximum Gasteiger partial charge on any atom is 0.337 e. The lowest BCUT2D eigenvalue weighted by atomic mass is 10.1. The fraction of sp³-hybridized carbons (Fsp3) is 0.0833. The van der Waals surface area contributed by atoms with Crippen molar-refractivity contribution in [1.82, 2.24) is 0 Å². The standard InChI is InChI=1S/C12H10O3/c1-15-12(14)10-3-2-9-7-11(13)5-4-8(9)6-10/h2-7,13H,1H3/p-1. The van der Waals surface area contributed by atoms with Gasteiger partial charge in [-0.05, 0) is 22.9 Å². The minimum Gasteiger partial charge on any atom is -0.872 e. The zero-order chi connectivity index (χ0) is 10.8. The summed E-state index contributed by atoms with van der Waals surface area (Å²) < 4.78 is 4.61. The summed E-state index contributed by atoms with van der Waals surface area (Å²) in [7, 11) is 1.34. The van der Waals surface area contributed by atoms with Crippen LogP contribution in [0.5, 0.6) is 5.75 Å². The summed E-state index contributed by atoms with van der Waals surface area (Å²) >= 11 is 0. The molecule has 0 aromatic heterocycles. The molecule has 0 spiro atoms. The molecular weight excluding hydrogens is 192 g/mol. The van der Waals surface area contributed by atoms with E-state index in [4.69, 9.17) is 0 Å². The highest BCUT2D eigenvalue weighted by Crippen LogP contribution is 2.19. The molecule has 2 rings (SSSR count). The number of carbonyl (C=O) groups excluding carboxylic acids is 1. The molecule has 15 heavy (non-hydrogen) atoms. The van der Waals surface area contributed by atoms with Crippen LogP contribution in [0.2, 0.25) is 0 Å². The number of hydrogen-bond acceptors (Lipinski definition) is 3. The number of rotatable bonds is 1. The Morgan fingerprint density at radius 2 is 1.80 bits per heavy atom. The molecule has 0 aliphatic carbocycles. The lowest BCUT2D eigenvalue weighted by Gasteiger charge is -2.07. The van der Waals surface area contributed by atoms with Gasteiger partial charge in [0, 0.05) is 0 Å². The van der Waals surface area contributed by atoms with Gasteiger partial charge in [0.15, 0.2) is 0 Å². The quantitative estimate of drug-likeness (QED) is 0.660. The second kappa shape index (κ2) is 3.61. The Morgan fingerprint density at radius 3 is 2.53 bits per heavy atom. The van der Waals surface area contributed by atoms with Gasteiger partial charge in [0.2, 0.25) is 0 Å². The van der Waals surface area contributed by atoms with Crippen molar-refractivity contribution in [3.05, 3.63) is 42.0 Å². The van der Waals surface area contributed by atoms with Crippen molar-refractivity contribution in [2.75, 3.05) is 7.11 Å². The van der Waals surface area contributed by atoms with E-state index in [-0.39, 0.29) is 11.7 Å². The number of benzene rings is 2. The minimum absolute atomic E-state index is 0.0340. The first-order valence-electron chi connectivity index (χ1n) is 4.50. The molecule has 0 saturated heterocycles. The van der Waals surface area contributed by atoms with Gasteiger partial charge in [-0.3, -0.25) is 0 Å². The van der Waals surface area contributed by atoms with Crippen molar-refractivity contribution in [1.29, 1.82) is 0 Å². The maximum atomic E-state index is 11.2. The van der Waals surface area contributed by atoms with Gasteiger partial charge in [-0.25, -0.2) is 4.79 Å². The Labute approximate surface area is 86.9 Å². The monoisotopic (exact) mass is 201 g/mol. The first kappa shape index (κ1) is 9.52. The van der Waals surface area contributed by atoms with Crippen LogP contribution in [0.1, 0.15) is 10.4 Å². The SMILES string of the molecule is COC(=O)c1ccc2cc([O-])ccc2c1. The van der Waals surface area contributed by atoms with E-state index in [1.54, 1.807) is 24.3 Å². The third-order valence-corrected chi connectivity index (χ3v) is 2.23. The first-order valence-corrected chi connectivity index (χ1v) is 4.50. The van der Waals surface area contributed by atoms with E-state index >= 15 is 0 Å². The van der Waals surface area contributed by atoms with Gasteiger partial charge >= 0.3 is 5.97 Å². The van der Waals surface area contributed by atoms with E-state index in [2.05, 4.69) is 4.74 Å². The van der Waals surface area contributed by atoms with Crippen LogP contribution >= 0.6 is 0 Å². The van der Waals surface area contributed by atoms with E-state index < -0.39 is 0 Å². The highest BCUT2D eigenvalue weighted by molar-refractivity contribution is 5.95. The summed E-state index contributed by atoms with van der Waals surface area (Å²) in [4.78, 5) is 11.2. The van der Waals surface area contributed by atoms with Crippen LogP contribution in [0.3, 0.4) is 0 Å². The molecule has 0 atom stereocenters. The third-order valence-electron chi connectivity index (χ3n) is 2.23. The molecule has 0 fully saturated rings. The summed E-state index contributed by atoms with van der Waals surface area (Å²) in [6.07, 6.45) is 0. The molecule has 0 aliphatic heterocycles. The van der Waals surface area contributed by atoms with Gasteiger partial charge in [0.25, 0.3) is 0 Å². The molecule has 0 bridgehead atoms.